The maximum atomic E-state index is 12.9. The van der Waals surface area contributed by atoms with Crippen LogP contribution in [-0.2, 0) is 9.53 Å². The number of nitrogens with zero attached hydrogens (tertiary/aromatic N) is 2. The third-order valence-electron chi connectivity index (χ3n) is 5.12. The lowest BCUT2D eigenvalue weighted by molar-refractivity contribution is -0.384. The van der Waals surface area contributed by atoms with Gasteiger partial charge in [0, 0.05) is 17.7 Å². The highest BCUT2D eigenvalue weighted by molar-refractivity contribution is 6.43. The maximum absolute atomic E-state index is 12.9. The van der Waals surface area contributed by atoms with Gasteiger partial charge < -0.3 is 4.74 Å². The lowest BCUT2D eigenvalue weighted by atomic mass is 10.1. The third-order valence-corrected chi connectivity index (χ3v) is 5.84. The summed E-state index contributed by atoms with van der Waals surface area (Å²) in [6.07, 6.45) is 1.35. The Kier molecular flexibility index (Phi) is 7.45. The fraction of sp³-hybridized carbons (Fsp3) is 0.273. The smallest absolute Gasteiger partial charge is 0.329 e. The van der Waals surface area contributed by atoms with Crippen LogP contribution in [0.1, 0.15) is 57.3 Å². The van der Waals surface area contributed by atoms with E-state index in [1.54, 1.807) is 0 Å². The molecule has 0 radical (unpaired) electrons. The van der Waals surface area contributed by atoms with Gasteiger partial charge in [-0.05, 0) is 30.7 Å². The van der Waals surface area contributed by atoms with Gasteiger partial charge in [-0.3, -0.25) is 29.4 Å². The second-order valence-electron chi connectivity index (χ2n) is 7.29. The number of hydrogen-bond donors (Lipinski definition) is 0. The van der Waals surface area contributed by atoms with Crippen LogP contribution in [0.2, 0.25) is 10.0 Å². The van der Waals surface area contributed by atoms with Gasteiger partial charge in [0.15, 0.2) is 12.4 Å². The molecule has 0 spiro atoms. The third kappa shape index (κ3) is 5.04. The van der Waals surface area contributed by atoms with E-state index in [4.69, 9.17) is 27.9 Å². The number of carbonyl (C=O) groups excluding carboxylic acids is 4. The van der Waals surface area contributed by atoms with E-state index in [1.807, 2.05) is 6.92 Å². The van der Waals surface area contributed by atoms with E-state index in [-0.39, 0.29) is 38.8 Å². The Labute approximate surface area is 198 Å². The second kappa shape index (κ2) is 10.1. The van der Waals surface area contributed by atoms with Gasteiger partial charge in [0.1, 0.15) is 6.04 Å². The Hall–Kier alpha value is -3.30. The van der Waals surface area contributed by atoms with Gasteiger partial charge in [-0.25, -0.2) is 4.79 Å². The maximum Gasteiger partial charge on any atom is 0.329 e. The van der Waals surface area contributed by atoms with E-state index >= 15 is 0 Å². The predicted molar refractivity (Wildman–Crippen MR) is 119 cm³/mol. The number of hydrogen-bond acceptors (Lipinski definition) is 7. The molecule has 2 amide bonds. The highest BCUT2D eigenvalue weighted by Gasteiger charge is 2.43. The highest BCUT2D eigenvalue weighted by atomic mass is 35.5. The van der Waals surface area contributed by atoms with Crippen molar-refractivity contribution >= 4 is 52.5 Å². The molecule has 1 aliphatic rings. The molecule has 0 aliphatic carbocycles. The summed E-state index contributed by atoms with van der Waals surface area (Å²) in [5.41, 5.74) is -0.00571. The van der Waals surface area contributed by atoms with Crippen LogP contribution in [0, 0.1) is 10.1 Å². The SMILES string of the molecule is CCCCC(C(=O)OCC(=O)c1ccc([N+](=O)[O-])cc1)N1C(=O)c2cc(Cl)c(Cl)cc2C1=O. The standard InChI is InChI=1S/C22H18Cl2N2O7/c1-2-3-4-18(25-20(28)14-9-16(23)17(24)10-15(14)21(25)29)22(30)33-11-19(27)12-5-7-13(8-6-12)26(31)32/h5-10,18H,2-4,11H2,1H3. The Morgan fingerprint density at radius 3 is 2.09 bits per heavy atom. The quantitative estimate of drug-likeness (QED) is 0.166. The first-order valence-corrected chi connectivity index (χ1v) is 10.7. The summed E-state index contributed by atoms with van der Waals surface area (Å²) in [6.45, 7) is 1.22. The molecule has 2 aromatic rings. The topological polar surface area (TPSA) is 124 Å². The zero-order chi connectivity index (χ0) is 24.3. The number of halogens is 2. The summed E-state index contributed by atoms with van der Waals surface area (Å²) in [6, 6.07) is 6.14. The van der Waals surface area contributed by atoms with E-state index in [2.05, 4.69) is 0 Å². The average Bonchev–Trinajstić information content (AvgIpc) is 3.02. The molecule has 0 N–H and O–H groups in total. The van der Waals surface area contributed by atoms with E-state index in [1.165, 1.54) is 24.3 Å². The molecule has 0 fully saturated rings. The number of imide groups is 1. The van der Waals surface area contributed by atoms with Crippen LogP contribution in [-0.4, -0.2) is 46.0 Å². The van der Waals surface area contributed by atoms with Gasteiger partial charge in [-0.1, -0.05) is 43.0 Å². The number of esters is 1. The molecule has 0 aromatic heterocycles. The number of ketones is 1. The van der Waals surface area contributed by atoms with Gasteiger partial charge >= 0.3 is 5.97 Å². The van der Waals surface area contributed by atoms with Crippen LogP contribution in [0.15, 0.2) is 36.4 Å². The number of Topliss-reactive ketones (excluding diaryl/α,β-unsaturated/α-hetero) is 1. The molecule has 0 saturated heterocycles. The minimum Gasteiger partial charge on any atom is -0.456 e. The number of unbranched alkanes of at least 4 members (excludes halogenated alkanes) is 1. The Balaban J connectivity index is 1.76. The monoisotopic (exact) mass is 492 g/mol. The normalized spacial score (nSPS) is 13.6. The number of carbonyl (C=O) groups is 4. The zero-order valence-electron chi connectivity index (χ0n) is 17.4. The number of benzene rings is 2. The summed E-state index contributed by atoms with van der Waals surface area (Å²) in [5, 5.41) is 10.9. The molecule has 2 aromatic carbocycles. The summed E-state index contributed by atoms with van der Waals surface area (Å²) in [4.78, 5) is 61.9. The molecule has 0 bridgehead atoms. The van der Waals surface area contributed by atoms with Crippen LogP contribution < -0.4 is 0 Å². The lowest BCUT2D eigenvalue weighted by Gasteiger charge is -2.24. The minimum absolute atomic E-state index is 0.0330. The molecule has 0 saturated carbocycles. The van der Waals surface area contributed by atoms with Crippen LogP contribution in [0.4, 0.5) is 5.69 Å². The number of nitro groups is 1. The van der Waals surface area contributed by atoms with Crippen LogP contribution in [0.5, 0.6) is 0 Å². The Morgan fingerprint density at radius 1 is 1.06 bits per heavy atom. The van der Waals surface area contributed by atoms with Crippen molar-refractivity contribution in [1.82, 2.24) is 4.90 Å². The van der Waals surface area contributed by atoms with Crippen molar-refractivity contribution in [1.29, 1.82) is 0 Å². The van der Waals surface area contributed by atoms with Crippen LogP contribution in [0.3, 0.4) is 0 Å². The van der Waals surface area contributed by atoms with Gasteiger partial charge in [-0.15, -0.1) is 0 Å². The molecule has 11 heteroatoms. The van der Waals surface area contributed by atoms with E-state index in [0.717, 1.165) is 17.0 Å². The van der Waals surface area contributed by atoms with Crippen molar-refractivity contribution in [3.8, 4) is 0 Å². The highest BCUT2D eigenvalue weighted by Crippen LogP contribution is 2.33. The number of fused-ring (bicyclic) bond motifs is 1. The summed E-state index contributed by atoms with van der Waals surface area (Å²) in [5.74, 6) is -2.90. The fourth-order valence-electron chi connectivity index (χ4n) is 3.37. The number of ether oxygens (including phenoxy) is 1. The lowest BCUT2D eigenvalue weighted by Crippen LogP contribution is -2.46. The Morgan fingerprint density at radius 2 is 1.61 bits per heavy atom. The molecule has 1 heterocycles. The van der Waals surface area contributed by atoms with Crippen LogP contribution in [0.25, 0.3) is 0 Å². The Bertz CT molecular complexity index is 1110. The van der Waals surface area contributed by atoms with Crippen molar-refractivity contribution in [2.75, 3.05) is 6.61 Å². The van der Waals surface area contributed by atoms with Gasteiger partial charge in [0.2, 0.25) is 0 Å². The molecular weight excluding hydrogens is 475 g/mol. The van der Waals surface area contributed by atoms with Crippen molar-refractivity contribution in [3.05, 3.63) is 73.2 Å². The molecule has 33 heavy (non-hydrogen) atoms. The van der Waals surface area contributed by atoms with E-state index in [9.17, 15) is 29.3 Å². The predicted octanol–water partition coefficient (Wildman–Crippen LogP) is 4.48. The van der Waals surface area contributed by atoms with Gasteiger partial charge in [0.25, 0.3) is 17.5 Å². The number of amides is 2. The van der Waals surface area contributed by atoms with Crippen molar-refractivity contribution in [3.63, 3.8) is 0 Å². The molecule has 9 nitrogen and oxygen atoms in total. The molecular formula is C22H18Cl2N2O7. The van der Waals surface area contributed by atoms with E-state index in [0.29, 0.717) is 12.8 Å². The minimum atomic E-state index is -1.24. The fourth-order valence-corrected chi connectivity index (χ4v) is 3.70. The van der Waals surface area contributed by atoms with Crippen LogP contribution >= 0.6 is 23.2 Å². The van der Waals surface area contributed by atoms with Gasteiger partial charge in [0.05, 0.1) is 26.1 Å². The van der Waals surface area contributed by atoms with Crippen molar-refractivity contribution in [2.24, 2.45) is 0 Å². The van der Waals surface area contributed by atoms with Crippen molar-refractivity contribution < 1.29 is 28.8 Å². The molecule has 172 valence electrons. The number of rotatable bonds is 9. The number of non-ortho nitro benzene ring substituents is 1. The first-order chi connectivity index (χ1) is 15.6. The largest absolute Gasteiger partial charge is 0.456 e. The zero-order valence-corrected chi connectivity index (χ0v) is 18.9. The first-order valence-electron chi connectivity index (χ1n) is 9.97. The van der Waals surface area contributed by atoms with Gasteiger partial charge in [-0.2, -0.15) is 0 Å². The number of nitro benzene ring substituents is 1. The summed E-state index contributed by atoms with van der Waals surface area (Å²) < 4.78 is 5.13. The molecule has 1 atom stereocenters. The first kappa shape index (κ1) is 24.3. The summed E-state index contributed by atoms with van der Waals surface area (Å²) in [7, 11) is 0. The van der Waals surface area contributed by atoms with Crippen molar-refractivity contribution in [2.45, 2.75) is 32.2 Å². The van der Waals surface area contributed by atoms with E-state index < -0.39 is 41.1 Å². The summed E-state index contributed by atoms with van der Waals surface area (Å²) >= 11 is 11.9. The second-order valence-corrected chi connectivity index (χ2v) is 8.10. The molecule has 1 unspecified atom stereocenters. The molecule has 3 rings (SSSR count). The average molecular weight is 493 g/mol. The molecule has 1 aliphatic heterocycles.